The number of ether oxygens (including phenoxy) is 1. The van der Waals surface area contributed by atoms with Crippen molar-refractivity contribution in [3.05, 3.63) is 0 Å². The Bertz CT molecular complexity index is 591. The molecule has 152 valence electrons. The average Bonchev–Trinajstić information content (AvgIpc) is 3.19. The number of carbonyl (C=O) groups excluding carboxylic acids is 3. The lowest BCUT2D eigenvalue weighted by Crippen LogP contribution is -2.51. The van der Waals surface area contributed by atoms with Gasteiger partial charge in [-0.2, -0.15) is 0 Å². The number of imide groups is 1. The Hall–Kier alpha value is -0.970. The average molecular weight is 417 g/mol. The number of likely N-dealkylation sites (tertiary alicyclic amines) is 1. The number of nitrogens with one attached hydrogen (secondary N) is 3. The van der Waals surface area contributed by atoms with Gasteiger partial charge in [-0.25, -0.2) is 4.79 Å². The van der Waals surface area contributed by atoms with Crippen LogP contribution in [0.1, 0.15) is 26.7 Å². The minimum atomic E-state index is -0.738. The highest BCUT2D eigenvalue weighted by atomic mass is 32.2. The van der Waals surface area contributed by atoms with Gasteiger partial charge >= 0.3 is 6.09 Å². The second kappa shape index (κ2) is 9.02. The van der Waals surface area contributed by atoms with Crippen molar-refractivity contribution in [2.45, 2.75) is 54.8 Å². The molecule has 8 nitrogen and oxygen atoms in total. The number of piperidine rings is 1. The summed E-state index contributed by atoms with van der Waals surface area (Å²) in [5.74, 6) is -0.139. The first-order valence-electron chi connectivity index (χ1n) is 9.37. The summed E-state index contributed by atoms with van der Waals surface area (Å²) in [6.45, 7) is 5.44. The van der Waals surface area contributed by atoms with Gasteiger partial charge in [-0.1, -0.05) is 0 Å². The molecule has 3 N–H and O–H groups in total. The summed E-state index contributed by atoms with van der Waals surface area (Å²) in [6.07, 6.45) is 0.666. The van der Waals surface area contributed by atoms with Gasteiger partial charge in [0.05, 0.1) is 17.4 Å². The van der Waals surface area contributed by atoms with Crippen LogP contribution in [0, 0.1) is 5.92 Å². The summed E-state index contributed by atoms with van der Waals surface area (Å²) >= 11 is 3.22. The topological polar surface area (TPSA) is 99.8 Å². The monoisotopic (exact) mass is 416 g/mol. The molecule has 0 radical (unpaired) electrons. The van der Waals surface area contributed by atoms with Crippen LogP contribution in [0.15, 0.2) is 0 Å². The summed E-state index contributed by atoms with van der Waals surface area (Å²) in [5, 5.41) is 8.55. The maximum absolute atomic E-state index is 12.7. The van der Waals surface area contributed by atoms with Crippen LogP contribution in [0.5, 0.6) is 0 Å². The third-order valence-electron chi connectivity index (χ3n) is 4.95. The number of fused-ring (bicyclic) bond motifs is 1. The Morgan fingerprint density at radius 2 is 2.00 bits per heavy atom. The molecular weight excluding hydrogens is 388 g/mol. The number of hydrogen-bond donors (Lipinski definition) is 3. The molecule has 3 heterocycles. The second-order valence-corrected chi connectivity index (χ2v) is 10.1. The van der Waals surface area contributed by atoms with E-state index in [9.17, 15) is 14.4 Å². The highest BCUT2D eigenvalue weighted by molar-refractivity contribution is 8.01. The maximum atomic E-state index is 12.7. The van der Waals surface area contributed by atoms with Crippen LogP contribution in [0.4, 0.5) is 4.79 Å². The summed E-state index contributed by atoms with van der Waals surface area (Å²) < 4.78 is 4.96. The van der Waals surface area contributed by atoms with E-state index in [4.69, 9.17) is 4.74 Å². The molecule has 0 aromatic rings. The fourth-order valence-corrected chi connectivity index (χ4v) is 6.34. The fourth-order valence-electron chi connectivity index (χ4n) is 3.62. The lowest BCUT2D eigenvalue weighted by atomic mass is 10.1. The van der Waals surface area contributed by atoms with Crippen LogP contribution < -0.4 is 16.0 Å². The first kappa shape index (κ1) is 20.8. The van der Waals surface area contributed by atoms with E-state index >= 15 is 0 Å². The molecule has 3 aliphatic rings. The lowest BCUT2D eigenvalue weighted by Gasteiger charge is -2.31. The third kappa shape index (κ3) is 5.30. The molecule has 0 spiro atoms. The SMILES string of the molecule is CC(C)OC(=O)NC(=O)C1CCSC1NC(=O)C1NC2CN(C)CCC2S1. The Labute approximate surface area is 168 Å². The zero-order chi connectivity index (χ0) is 19.6. The van der Waals surface area contributed by atoms with Crippen LogP contribution in [-0.4, -0.2) is 76.8 Å². The highest BCUT2D eigenvalue weighted by Gasteiger charge is 2.42. The van der Waals surface area contributed by atoms with Gasteiger partial charge in [-0.15, -0.1) is 23.5 Å². The summed E-state index contributed by atoms with van der Waals surface area (Å²) in [5.41, 5.74) is 0. The Morgan fingerprint density at radius 3 is 2.74 bits per heavy atom. The number of amides is 3. The molecule has 0 bridgehead atoms. The number of nitrogens with zero attached hydrogens (tertiary/aromatic N) is 1. The van der Waals surface area contributed by atoms with Crippen molar-refractivity contribution in [1.29, 1.82) is 0 Å². The smallest absolute Gasteiger partial charge is 0.414 e. The number of alkyl carbamates (subject to hydrolysis) is 1. The predicted molar refractivity (Wildman–Crippen MR) is 106 cm³/mol. The Kier molecular flexibility index (Phi) is 6.93. The van der Waals surface area contributed by atoms with Gasteiger partial charge in [0.15, 0.2) is 0 Å². The third-order valence-corrected chi connectivity index (χ3v) is 7.76. The standard InChI is InChI=1S/C17H28N4O4S2/c1-9(2)25-17(24)20-13(22)10-5-7-26-15(10)19-14(23)16-18-11-8-21(3)6-4-12(11)27-16/h9-12,15-16,18H,4-8H2,1-3H3,(H,19,23)(H,20,22,24). The normalized spacial score (nSPS) is 33.6. The van der Waals surface area contributed by atoms with Crippen molar-refractivity contribution in [2.24, 2.45) is 5.92 Å². The first-order chi connectivity index (χ1) is 12.8. The Balaban J connectivity index is 1.51. The van der Waals surface area contributed by atoms with E-state index in [1.165, 1.54) is 0 Å². The van der Waals surface area contributed by atoms with Crippen LogP contribution in [0.2, 0.25) is 0 Å². The summed E-state index contributed by atoms with van der Waals surface area (Å²) in [6, 6.07) is 0.325. The van der Waals surface area contributed by atoms with Crippen LogP contribution in [0.25, 0.3) is 0 Å². The Morgan fingerprint density at radius 1 is 1.22 bits per heavy atom. The van der Waals surface area contributed by atoms with Gasteiger partial charge in [0, 0.05) is 17.8 Å². The highest BCUT2D eigenvalue weighted by Crippen LogP contribution is 2.35. The van der Waals surface area contributed by atoms with Crippen LogP contribution in [-0.2, 0) is 14.3 Å². The van der Waals surface area contributed by atoms with E-state index in [2.05, 4.69) is 27.9 Å². The van der Waals surface area contributed by atoms with Gasteiger partial charge in [0.25, 0.3) is 0 Å². The molecule has 27 heavy (non-hydrogen) atoms. The number of hydrogen-bond acceptors (Lipinski definition) is 8. The number of rotatable bonds is 4. The summed E-state index contributed by atoms with van der Waals surface area (Å²) in [4.78, 5) is 39.0. The predicted octanol–water partition coefficient (Wildman–Crippen LogP) is 0.578. The molecule has 5 atom stereocenters. The molecule has 0 aliphatic carbocycles. The minimum absolute atomic E-state index is 0.0842. The van der Waals surface area contributed by atoms with Gasteiger partial charge < -0.3 is 15.0 Å². The van der Waals surface area contributed by atoms with Crippen LogP contribution in [0.3, 0.4) is 0 Å². The molecule has 0 aromatic heterocycles. The van der Waals surface area contributed by atoms with Crippen LogP contribution >= 0.6 is 23.5 Å². The van der Waals surface area contributed by atoms with Crippen molar-refractivity contribution in [3.63, 3.8) is 0 Å². The number of likely N-dealkylation sites (N-methyl/N-ethyl adjacent to an activating group) is 1. The largest absolute Gasteiger partial charge is 0.447 e. The minimum Gasteiger partial charge on any atom is -0.447 e. The van der Waals surface area contributed by atoms with Gasteiger partial charge in [-0.05, 0) is 46.0 Å². The zero-order valence-corrected chi connectivity index (χ0v) is 17.5. The molecule has 10 heteroatoms. The van der Waals surface area contributed by atoms with E-state index in [0.717, 1.165) is 25.3 Å². The maximum Gasteiger partial charge on any atom is 0.414 e. The van der Waals surface area contributed by atoms with E-state index in [0.29, 0.717) is 17.7 Å². The van der Waals surface area contributed by atoms with Crippen molar-refractivity contribution >= 4 is 41.4 Å². The van der Waals surface area contributed by atoms with Gasteiger partial charge in [-0.3, -0.25) is 20.2 Å². The molecule has 3 saturated heterocycles. The van der Waals surface area contributed by atoms with Gasteiger partial charge in [0.1, 0.15) is 5.37 Å². The molecular formula is C17H28N4O4S2. The molecule has 3 aliphatic heterocycles. The fraction of sp³-hybridized carbons (Fsp3) is 0.824. The summed E-state index contributed by atoms with van der Waals surface area (Å²) in [7, 11) is 2.10. The molecule has 0 saturated carbocycles. The molecule has 5 unspecified atom stereocenters. The molecule has 3 fully saturated rings. The van der Waals surface area contributed by atoms with Crippen molar-refractivity contribution in [3.8, 4) is 0 Å². The van der Waals surface area contributed by atoms with E-state index in [1.54, 1.807) is 37.4 Å². The van der Waals surface area contributed by atoms with E-state index in [1.807, 2.05) is 0 Å². The number of carbonyl (C=O) groups is 3. The molecule has 3 rings (SSSR count). The van der Waals surface area contributed by atoms with E-state index in [-0.39, 0.29) is 22.8 Å². The molecule has 0 aromatic carbocycles. The lowest BCUT2D eigenvalue weighted by molar-refractivity contribution is -0.125. The van der Waals surface area contributed by atoms with Crippen molar-refractivity contribution in [1.82, 2.24) is 20.9 Å². The zero-order valence-electron chi connectivity index (χ0n) is 15.9. The van der Waals surface area contributed by atoms with Gasteiger partial charge in [0.2, 0.25) is 11.8 Å². The second-order valence-electron chi connectivity index (χ2n) is 7.52. The quantitative estimate of drug-likeness (QED) is 0.612. The van der Waals surface area contributed by atoms with Crippen molar-refractivity contribution in [2.75, 3.05) is 25.9 Å². The van der Waals surface area contributed by atoms with E-state index < -0.39 is 17.9 Å². The molecule has 3 amide bonds. The first-order valence-corrected chi connectivity index (χ1v) is 11.4. The number of thioether (sulfide) groups is 2. The van der Waals surface area contributed by atoms with Crippen molar-refractivity contribution < 1.29 is 19.1 Å².